The van der Waals surface area contributed by atoms with Gasteiger partial charge in [-0.1, -0.05) is 40.8 Å². The lowest BCUT2D eigenvalue weighted by Gasteiger charge is -2.34. The van der Waals surface area contributed by atoms with Crippen molar-refractivity contribution in [3.8, 4) is 5.69 Å². The molecule has 2 amide bonds. The fraction of sp³-hybridized carbons (Fsp3) is 0.263. The number of rotatable bonds is 5. The number of hydrogen-bond donors (Lipinski definition) is 0. The van der Waals surface area contributed by atoms with Crippen molar-refractivity contribution in [2.75, 3.05) is 31.9 Å². The van der Waals surface area contributed by atoms with Crippen LogP contribution in [0.15, 0.2) is 46.1 Å². The molecule has 1 saturated heterocycles. The van der Waals surface area contributed by atoms with Gasteiger partial charge >= 0.3 is 0 Å². The Hall–Kier alpha value is -1.72. The first kappa shape index (κ1) is 21.5. The van der Waals surface area contributed by atoms with Crippen LogP contribution in [0.25, 0.3) is 5.69 Å². The molecule has 0 unspecified atom stereocenters. The lowest BCUT2D eigenvalue weighted by molar-refractivity contribution is -0.129. The number of hydrogen-bond acceptors (Lipinski definition) is 7. The van der Waals surface area contributed by atoms with Crippen molar-refractivity contribution in [1.29, 1.82) is 0 Å². The van der Waals surface area contributed by atoms with Crippen LogP contribution < -0.4 is 0 Å². The van der Waals surface area contributed by atoms with Crippen molar-refractivity contribution in [2.45, 2.75) is 4.34 Å². The largest absolute Gasteiger partial charge is 0.338 e. The number of benzene rings is 1. The van der Waals surface area contributed by atoms with Crippen molar-refractivity contribution in [3.63, 3.8) is 0 Å². The molecule has 1 aliphatic rings. The summed E-state index contributed by atoms with van der Waals surface area (Å²) in [5, 5.41) is 7.07. The van der Waals surface area contributed by atoms with Crippen LogP contribution in [0.2, 0.25) is 5.02 Å². The molecule has 2 aromatic heterocycles. The van der Waals surface area contributed by atoms with Crippen LogP contribution in [0.5, 0.6) is 0 Å². The molecule has 11 heteroatoms. The summed E-state index contributed by atoms with van der Waals surface area (Å²) >= 11 is 15.5. The first-order valence-electron chi connectivity index (χ1n) is 9.11. The van der Waals surface area contributed by atoms with Gasteiger partial charge in [0.2, 0.25) is 5.91 Å². The summed E-state index contributed by atoms with van der Waals surface area (Å²) in [4.78, 5) is 29.4. The molecule has 3 heterocycles. The molecule has 1 fully saturated rings. The van der Waals surface area contributed by atoms with Gasteiger partial charge in [-0.2, -0.15) is 0 Å². The Morgan fingerprint density at radius 1 is 1.10 bits per heavy atom. The summed E-state index contributed by atoms with van der Waals surface area (Å²) in [5.74, 6) is 0.378. The molecule has 3 aromatic rings. The highest BCUT2D eigenvalue weighted by molar-refractivity contribution is 8.01. The Bertz CT molecular complexity index is 1090. The van der Waals surface area contributed by atoms with Gasteiger partial charge in [0.25, 0.3) is 5.91 Å². The SMILES string of the molecule is O=C(CSc1nn(-c2ccc(Cl)cc2)c(=S)s1)N1CCN(C(=O)c2cccs2)CC1. The lowest BCUT2D eigenvalue weighted by atomic mass is 10.3. The molecule has 0 N–H and O–H groups in total. The number of amides is 2. The van der Waals surface area contributed by atoms with Crippen LogP contribution >= 0.6 is 58.3 Å². The second-order valence-electron chi connectivity index (χ2n) is 6.46. The average Bonchev–Trinajstić information content (AvgIpc) is 3.42. The third-order valence-electron chi connectivity index (χ3n) is 4.57. The number of nitrogens with zero attached hydrogens (tertiary/aromatic N) is 4. The monoisotopic (exact) mass is 496 g/mol. The Morgan fingerprint density at radius 3 is 2.47 bits per heavy atom. The molecule has 0 aliphatic carbocycles. The molecule has 0 bridgehead atoms. The van der Waals surface area contributed by atoms with Gasteiger partial charge in [0.1, 0.15) is 0 Å². The molecule has 1 aromatic carbocycles. The molecule has 156 valence electrons. The van der Waals surface area contributed by atoms with Gasteiger partial charge in [0.05, 0.1) is 16.3 Å². The van der Waals surface area contributed by atoms with E-state index >= 15 is 0 Å². The second kappa shape index (κ2) is 9.61. The molecule has 1 aliphatic heterocycles. The van der Waals surface area contributed by atoms with E-state index in [0.29, 0.717) is 40.9 Å². The average molecular weight is 497 g/mol. The molecule has 30 heavy (non-hydrogen) atoms. The molecular weight excluding hydrogens is 480 g/mol. The van der Waals surface area contributed by atoms with Gasteiger partial charge in [0.15, 0.2) is 8.29 Å². The Morgan fingerprint density at radius 2 is 1.80 bits per heavy atom. The van der Waals surface area contributed by atoms with E-state index in [9.17, 15) is 9.59 Å². The van der Waals surface area contributed by atoms with Gasteiger partial charge in [0, 0.05) is 31.2 Å². The van der Waals surface area contributed by atoms with Crippen molar-refractivity contribution in [3.05, 3.63) is 55.6 Å². The zero-order chi connectivity index (χ0) is 21.1. The number of piperazine rings is 1. The predicted octanol–water partition coefficient (Wildman–Crippen LogP) is 4.45. The van der Waals surface area contributed by atoms with Gasteiger partial charge in [-0.3, -0.25) is 9.59 Å². The predicted molar refractivity (Wildman–Crippen MR) is 125 cm³/mol. The summed E-state index contributed by atoms with van der Waals surface area (Å²) in [6.07, 6.45) is 0. The molecule has 6 nitrogen and oxygen atoms in total. The minimum Gasteiger partial charge on any atom is -0.338 e. The highest BCUT2D eigenvalue weighted by atomic mass is 35.5. The first-order chi connectivity index (χ1) is 14.5. The summed E-state index contributed by atoms with van der Waals surface area (Å²) < 4.78 is 3.04. The van der Waals surface area contributed by atoms with Crippen LogP contribution in [-0.4, -0.2) is 63.3 Å². The van der Waals surface area contributed by atoms with Crippen LogP contribution in [0.1, 0.15) is 9.67 Å². The second-order valence-corrected chi connectivity index (χ2v) is 10.7. The summed E-state index contributed by atoms with van der Waals surface area (Å²) in [6.45, 7) is 2.20. The molecule has 0 radical (unpaired) electrons. The van der Waals surface area contributed by atoms with E-state index in [1.54, 1.807) is 21.7 Å². The number of thiophene rings is 1. The minimum atomic E-state index is 0.0407. The zero-order valence-electron chi connectivity index (χ0n) is 15.7. The van der Waals surface area contributed by atoms with Crippen LogP contribution in [0.3, 0.4) is 0 Å². The van der Waals surface area contributed by atoms with Gasteiger partial charge < -0.3 is 9.80 Å². The van der Waals surface area contributed by atoms with Crippen LogP contribution in [0, 0.1) is 3.95 Å². The van der Waals surface area contributed by atoms with Crippen molar-refractivity contribution in [2.24, 2.45) is 0 Å². The third kappa shape index (κ3) is 4.94. The number of carbonyl (C=O) groups excluding carboxylic acids is 2. The highest BCUT2D eigenvalue weighted by Crippen LogP contribution is 2.25. The number of halogens is 1. The van der Waals surface area contributed by atoms with E-state index < -0.39 is 0 Å². The zero-order valence-corrected chi connectivity index (χ0v) is 19.7. The number of carbonyl (C=O) groups is 2. The van der Waals surface area contributed by atoms with Gasteiger partial charge in [-0.05, 0) is 47.9 Å². The van der Waals surface area contributed by atoms with Crippen molar-refractivity contribution in [1.82, 2.24) is 19.6 Å². The van der Waals surface area contributed by atoms with E-state index in [4.69, 9.17) is 23.8 Å². The molecule has 0 spiro atoms. The normalized spacial score (nSPS) is 14.2. The van der Waals surface area contributed by atoms with E-state index in [1.807, 2.05) is 34.5 Å². The number of aromatic nitrogens is 2. The first-order valence-corrected chi connectivity index (χ1v) is 12.6. The summed E-state index contributed by atoms with van der Waals surface area (Å²) in [7, 11) is 0. The van der Waals surface area contributed by atoms with Crippen molar-refractivity contribution >= 4 is 70.1 Å². The maximum atomic E-state index is 12.6. The van der Waals surface area contributed by atoms with E-state index in [0.717, 1.165) is 14.9 Å². The molecule has 0 atom stereocenters. The van der Waals surface area contributed by atoms with E-state index in [2.05, 4.69) is 5.10 Å². The summed E-state index contributed by atoms with van der Waals surface area (Å²) in [5.41, 5.74) is 0.838. The Balaban J connectivity index is 1.30. The van der Waals surface area contributed by atoms with Gasteiger partial charge in [-0.25, -0.2) is 4.68 Å². The fourth-order valence-corrected chi connectivity index (χ4v) is 6.08. The molecule has 0 saturated carbocycles. The quantitative estimate of drug-likeness (QED) is 0.385. The van der Waals surface area contributed by atoms with E-state index in [-0.39, 0.29) is 11.8 Å². The van der Waals surface area contributed by atoms with Crippen molar-refractivity contribution < 1.29 is 9.59 Å². The molecular formula is C19H17ClN4O2S4. The Kier molecular flexibility index (Phi) is 6.89. The topological polar surface area (TPSA) is 58.4 Å². The third-order valence-corrected chi connectivity index (χ3v) is 8.03. The summed E-state index contributed by atoms with van der Waals surface area (Å²) in [6, 6.07) is 11.0. The Labute approximate surface area is 196 Å². The highest BCUT2D eigenvalue weighted by Gasteiger charge is 2.25. The van der Waals surface area contributed by atoms with Crippen LogP contribution in [-0.2, 0) is 4.79 Å². The maximum Gasteiger partial charge on any atom is 0.264 e. The minimum absolute atomic E-state index is 0.0407. The number of thioether (sulfide) groups is 1. The van der Waals surface area contributed by atoms with Crippen LogP contribution in [0.4, 0.5) is 0 Å². The smallest absolute Gasteiger partial charge is 0.264 e. The molecule has 4 rings (SSSR count). The van der Waals surface area contributed by atoms with Gasteiger partial charge in [-0.15, -0.1) is 16.4 Å². The fourth-order valence-electron chi connectivity index (χ4n) is 2.99. The van der Waals surface area contributed by atoms with E-state index in [1.165, 1.54) is 34.4 Å². The lowest BCUT2D eigenvalue weighted by Crippen LogP contribution is -2.51. The maximum absolute atomic E-state index is 12.6. The standard InChI is InChI=1S/C19H17ClN4O2S4/c20-13-3-5-14(6-4-13)24-19(27)30-18(21-24)29-12-16(25)22-7-9-23(10-8-22)17(26)15-2-1-11-28-15/h1-6,11H,7-10,12H2.